The van der Waals surface area contributed by atoms with Crippen molar-refractivity contribution in [3.05, 3.63) is 11.6 Å². The molecule has 0 fully saturated rings. The maximum absolute atomic E-state index is 12.0. The van der Waals surface area contributed by atoms with Gasteiger partial charge >= 0.3 is 0 Å². The summed E-state index contributed by atoms with van der Waals surface area (Å²) in [7, 11) is 1.52. The van der Waals surface area contributed by atoms with Crippen molar-refractivity contribution in [2.45, 2.75) is 26.3 Å². The molecule has 0 aromatic carbocycles. The molecule has 0 saturated heterocycles. The summed E-state index contributed by atoms with van der Waals surface area (Å²) in [6.45, 7) is 3.60. The zero-order valence-electron chi connectivity index (χ0n) is 6.49. The van der Waals surface area contributed by atoms with E-state index in [1.165, 1.54) is 13.1 Å². The molecule has 1 N–H and O–H groups in total. The van der Waals surface area contributed by atoms with Crippen molar-refractivity contribution in [3.8, 4) is 0 Å². The van der Waals surface area contributed by atoms with Crippen LogP contribution in [0.5, 0.6) is 0 Å². The molecule has 0 aliphatic rings. The lowest BCUT2D eigenvalue weighted by Crippen LogP contribution is -2.30. The van der Waals surface area contributed by atoms with Gasteiger partial charge in [-0.15, -0.1) is 0 Å². The molecule has 60 valence electrons. The summed E-state index contributed by atoms with van der Waals surface area (Å²) in [6, 6.07) is -0.801. The number of likely N-dealkylation sites (N-methyl/N-ethyl adjacent to an activating group) is 1. The van der Waals surface area contributed by atoms with Gasteiger partial charge in [-0.25, -0.2) is 8.78 Å². The Bertz CT molecular complexity index is 117. The number of allylic oxidation sites excluding steroid dienone is 1. The number of hydrogen-bond donors (Lipinski definition) is 1. The van der Waals surface area contributed by atoms with Crippen LogP contribution in [0.3, 0.4) is 0 Å². The summed E-state index contributed by atoms with van der Waals surface area (Å²) in [5.41, 5.74) is 0.902. The van der Waals surface area contributed by atoms with Crippen LogP contribution in [-0.4, -0.2) is 19.5 Å². The van der Waals surface area contributed by atoms with E-state index in [1.807, 2.05) is 0 Å². The van der Waals surface area contributed by atoms with Crippen LogP contribution in [0.4, 0.5) is 8.78 Å². The summed E-state index contributed by atoms with van der Waals surface area (Å²) in [6.07, 6.45) is -0.801. The van der Waals surface area contributed by atoms with Gasteiger partial charge in [-0.2, -0.15) is 0 Å². The van der Waals surface area contributed by atoms with Gasteiger partial charge < -0.3 is 5.32 Å². The van der Waals surface area contributed by atoms with Gasteiger partial charge in [0.25, 0.3) is 6.43 Å². The molecule has 0 rings (SSSR count). The van der Waals surface area contributed by atoms with Gasteiger partial charge in [-0.3, -0.25) is 0 Å². The number of hydrogen-bond acceptors (Lipinski definition) is 1. The topological polar surface area (TPSA) is 12.0 Å². The van der Waals surface area contributed by atoms with Gasteiger partial charge in [-0.05, 0) is 20.9 Å². The molecule has 1 nitrogen and oxygen atoms in total. The molecule has 1 atom stereocenters. The van der Waals surface area contributed by atoms with Crippen LogP contribution in [0.15, 0.2) is 11.6 Å². The zero-order chi connectivity index (χ0) is 8.15. The number of halogens is 2. The van der Waals surface area contributed by atoms with Gasteiger partial charge in [0.1, 0.15) is 0 Å². The molecule has 0 bridgehead atoms. The summed E-state index contributed by atoms with van der Waals surface area (Å²) >= 11 is 0. The lowest BCUT2D eigenvalue weighted by atomic mass is 10.2. The van der Waals surface area contributed by atoms with Crippen LogP contribution < -0.4 is 5.32 Å². The van der Waals surface area contributed by atoms with Crippen molar-refractivity contribution in [1.82, 2.24) is 5.32 Å². The fourth-order valence-corrected chi connectivity index (χ4v) is 0.641. The normalized spacial score (nSPS) is 13.4. The van der Waals surface area contributed by atoms with E-state index in [9.17, 15) is 8.78 Å². The second-order valence-corrected chi connectivity index (χ2v) is 2.39. The molecule has 0 aliphatic carbocycles. The van der Waals surface area contributed by atoms with E-state index in [0.29, 0.717) is 0 Å². The first-order valence-electron chi connectivity index (χ1n) is 3.18. The molecule has 1 unspecified atom stereocenters. The molecule has 0 radical (unpaired) electrons. The third kappa shape index (κ3) is 3.56. The Kier molecular flexibility index (Phi) is 4.19. The highest BCUT2D eigenvalue weighted by atomic mass is 19.3. The van der Waals surface area contributed by atoms with Gasteiger partial charge in [0.05, 0.1) is 6.04 Å². The second-order valence-electron chi connectivity index (χ2n) is 2.39. The van der Waals surface area contributed by atoms with E-state index >= 15 is 0 Å². The minimum Gasteiger partial charge on any atom is -0.309 e. The van der Waals surface area contributed by atoms with Crippen LogP contribution in [0.1, 0.15) is 13.8 Å². The van der Waals surface area contributed by atoms with Crippen LogP contribution in [0.25, 0.3) is 0 Å². The maximum Gasteiger partial charge on any atom is 0.257 e. The van der Waals surface area contributed by atoms with Gasteiger partial charge in [0.15, 0.2) is 0 Å². The standard InChI is InChI=1S/C7H13F2N/c1-5(2)4-6(10-3)7(8)9/h4,6-7,10H,1-3H3. The van der Waals surface area contributed by atoms with Crippen LogP contribution in [0.2, 0.25) is 0 Å². The second kappa shape index (κ2) is 4.39. The van der Waals surface area contributed by atoms with E-state index in [0.717, 1.165) is 5.57 Å². The molecule has 0 heterocycles. The molecule has 0 spiro atoms. The minimum atomic E-state index is -2.32. The predicted molar refractivity (Wildman–Crippen MR) is 38.3 cm³/mol. The highest BCUT2D eigenvalue weighted by Crippen LogP contribution is 2.04. The van der Waals surface area contributed by atoms with Crippen LogP contribution in [0, 0.1) is 0 Å². The zero-order valence-corrected chi connectivity index (χ0v) is 6.49. The number of nitrogens with one attached hydrogen (secondary N) is 1. The Labute approximate surface area is 60.1 Å². The lowest BCUT2D eigenvalue weighted by Gasteiger charge is -2.09. The molecule has 3 heteroatoms. The average molecular weight is 149 g/mol. The van der Waals surface area contributed by atoms with E-state index in [2.05, 4.69) is 5.32 Å². The maximum atomic E-state index is 12.0. The van der Waals surface area contributed by atoms with E-state index < -0.39 is 12.5 Å². The Morgan fingerprint density at radius 3 is 2.00 bits per heavy atom. The molecule has 0 amide bonds. The van der Waals surface area contributed by atoms with Gasteiger partial charge in [-0.1, -0.05) is 11.6 Å². The first-order valence-corrected chi connectivity index (χ1v) is 3.18. The van der Waals surface area contributed by atoms with Crippen molar-refractivity contribution >= 4 is 0 Å². The number of rotatable bonds is 3. The molecule has 0 aromatic rings. The minimum absolute atomic E-state index is 0.801. The molecular formula is C7H13F2N. The average Bonchev–Trinajstić information content (AvgIpc) is 1.81. The van der Waals surface area contributed by atoms with E-state index in [-0.39, 0.29) is 0 Å². The largest absolute Gasteiger partial charge is 0.309 e. The number of alkyl halides is 2. The lowest BCUT2D eigenvalue weighted by molar-refractivity contribution is 0.121. The molecule has 0 saturated carbocycles. The molecular weight excluding hydrogens is 136 g/mol. The summed E-state index contributed by atoms with van der Waals surface area (Å²) < 4.78 is 23.9. The molecule has 0 aliphatic heterocycles. The first kappa shape index (κ1) is 9.56. The van der Waals surface area contributed by atoms with Crippen molar-refractivity contribution in [2.24, 2.45) is 0 Å². The Hall–Kier alpha value is -0.440. The van der Waals surface area contributed by atoms with Gasteiger partial charge in [0.2, 0.25) is 0 Å². The third-order valence-corrected chi connectivity index (χ3v) is 1.12. The molecule has 0 aromatic heterocycles. The summed E-state index contributed by atoms with van der Waals surface area (Å²) in [5.74, 6) is 0. The van der Waals surface area contributed by atoms with Crippen LogP contribution >= 0.6 is 0 Å². The SMILES string of the molecule is CNC(C=C(C)C)C(F)F. The van der Waals surface area contributed by atoms with E-state index in [4.69, 9.17) is 0 Å². The molecule has 10 heavy (non-hydrogen) atoms. The fraction of sp³-hybridized carbons (Fsp3) is 0.714. The van der Waals surface area contributed by atoms with E-state index in [1.54, 1.807) is 13.8 Å². The highest BCUT2D eigenvalue weighted by Gasteiger charge is 2.13. The summed E-state index contributed by atoms with van der Waals surface area (Å²) in [5, 5.41) is 2.51. The summed E-state index contributed by atoms with van der Waals surface area (Å²) in [4.78, 5) is 0. The van der Waals surface area contributed by atoms with Crippen molar-refractivity contribution in [3.63, 3.8) is 0 Å². The quantitative estimate of drug-likeness (QED) is 0.603. The van der Waals surface area contributed by atoms with Crippen molar-refractivity contribution in [2.75, 3.05) is 7.05 Å². The Morgan fingerprint density at radius 2 is 1.90 bits per heavy atom. The Morgan fingerprint density at radius 1 is 1.40 bits per heavy atom. The Balaban J connectivity index is 3.96. The third-order valence-electron chi connectivity index (χ3n) is 1.12. The van der Waals surface area contributed by atoms with Gasteiger partial charge in [0, 0.05) is 0 Å². The fourth-order valence-electron chi connectivity index (χ4n) is 0.641. The smallest absolute Gasteiger partial charge is 0.257 e. The highest BCUT2D eigenvalue weighted by molar-refractivity contribution is 5.01. The monoisotopic (exact) mass is 149 g/mol. The van der Waals surface area contributed by atoms with Crippen LogP contribution in [-0.2, 0) is 0 Å². The van der Waals surface area contributed by atoms with Crippen molar-refractivity contribution in [1.29, 1.82) is 0 Å². The van der Waals surface area contributed by atoms with Crippen molar-refractivity contribution < 1.29 is 8.78 Å². The predicted octanol–water partition coefficient (Wildman–Crippen LogP) is 1.81. The first-order chi connectivity index (χ1) is 4.57.